The van der Waals surface area contributed by atoms with Gasteiger partial charge in [-0.25, -0.2) is 0 Å². The molecule has 1 fully saturated rings. The van der Waals surface area contributed by atoms with Gasteiger partial charge in [-0.3, -0.25) is 4.79 Å². The summed E-state index contributed by atoms with van der Waals surface area (Å²) in [5, 5.41) is 46.3. The zero-order valence-electron chi connectivity index (χ0n) is 11.5. The molecule has 1 saturated heterocycles. The third-order valence-corrected chi connectivity index (χ3v) is 4.09. The summed E-state index contributed by atoms with van der Waals surface area (Å²) < 4.78 is 10.5. The topological polar surface area (TPSA) is 137 Å². The third kappa shape index (κ3) is 6.07. The maximum absolute atomic E-state index is 10.3. The van der Waals surface area contributed by atoms with Crippen LogP contribution in [0.2, 0.25) is 0 Å². The number of aliphatic hydroxyl groups excluding tert-OH is 4. The quantitative estimate of drug-likeness (QED) is 0.317. The predicted molar refractivity (Wildman–Crippen MR) is 73.9 cm³/mol. The molecule has 0 saturated carbocycles. The molecular weight excluding hydrogens is 304 g/mol. The van der Waals surface area contributed by atoms with E-state index in [2.05, 4.69) is 0 Å². The number of thioether (sulfide) groups is 1. The number of hydrogen-bond donors (Lipinski definition) is 5. The Hall–Kier alpha value is -0.420. The lowest BCUT2D eigenvalue weighted by Crippen LogP contribution is -2.59. The summed E-state index contributed by atoms with van der Waals surface area (Å²) >= 11 is 1.48. The largest absolute Gasteiger partial charge is 0.481 e. The fourth-order valence-electron chi connectivity index (χ4n) is 1.83. The van der Waals surface area contributed by atoms with Crippen LogP contribution in [0.4, 0.5) is 0 Å². The molecule has 0 aromatic heterocycles. The lowest BCUT2D eigenvalue weighted by atomic mass is 9.99. The van der Waals surface area contributed by atoms with Crippen LogP contribution in [0, 0.1) is 0 Å². The molecule has 5 atom stereocenters. The van der Waals surface area contributed by atoms with E-state index in [9.17, 15) is 20.1 Å². The maximum Gasteiger partial charge on any atom is 0.304 e. The highest BCUT2D eigenvalue weighted by Gasteiger charge is 2.43. The molecule has 1 heterocycles. The number of rotatable bonds is 9. The smallest absolute Gasteiger partial charge is 0.304 e. The Morgan fingerprint density at radius 1 is 1.14 bits per heavy atom. The van der Waals surface area contributed by atoms with Gasteiger partial charge in [0.15, 0.2) is 6.29 Å². The summed E-state index contributed by atoms with van der Waals surface area (Å²) in [5.41, 5.74) is 0. The summed E-state index contributed by atoms with van der Waals surface area (Å²) in [6.45, 7) is -0.237. The lowest BCUT2D eigenvalue weighted by Gasteiger charge is -2.39. The molecular formula is C12H22O8S. The second-order valence-electron chi connectivity index (χ2n) is 4.68. The minimum atomic E-state index is -1.44. The zero-order valence-corrected chi connectivity index (χ0v) is 12.3. The van der Waals surface area contributed by atoms with Gasteiger partial charge in [0.2, 0.25) is 0 Å². The van der Waals surface area contributed by atoms with Crippen LogP contribution in [0.1, 0.15) is 12.8 Å². The first kappa shape index (κ1) is 18.6. The highest BCUT2D eigenvalue weighted by atomic mass is 32.2. The predicted octanol–water partition coefficient (Wildman–Crippen LogP) is -1.60. The first-order valence-corrected chi connectivity index (χ1v) is 7.84. The molecule has 0 aliphatic carbocycles. The molecule has 1 aliphatic heterocycles. The number of carboxylic acids is 1. The molecule has 5 N–H and O–H groups in total. The van der Waals surface area contributed by atoms with Crippen LogP contribution in [0.3, 0.4) is 0 Å². The van der Waals surface area contributed by atoms with Crippen LogP contribution < -0.4 is 0 Å². The van der Waals surface area contributed by atoms with Crippen molar-refractivity contribution in [2.45, 2.75) is 43.5 Å². The highest BCUT2D eigenvalue weighted by Crippen LogP contribution is 2.22. The third-order valence-electron chi connectivity index (χ3n) is 3.02. The van der Waals surface area contributed by atoms with Crippen molar-refractivity contribution in [1.29, 1.82) is 0 Å². The van der Waals surface area contributed by atoms with Gasteiger partial charge in [0, 0.05) is 5.75 Å². The van der Waals surface area contributed by atoms with Crippen molar-refractivity contribution < 1.29 is 39.8 Å². The van der Waals surface area contributed by atoms with Gasteiger partial charge in [-0.2, -0.15) is 11.8 Å². The van der Waals surface area contributed by atoms with E-state index in [1.54, 1.807) is 0 Å². The van der Waals surface area contributed by atoms with Crippen LogP contribution in [-0.4, -0.2) is 86.9 Å². The normalized spacial score (nSPS) is 33.0. The fraction of sp³-hybridized carbons (Fsp3) is 0.917. The van der Waals surface area contributed by atoms with Crippen molar-refractivity contribution in [3.8, 4) is 0 Å². The van der Waals surface area contributed by atoms with Crippen molar-refractivity contribution in [1.82, 2.24) is 0 Å². The van der Waals surface area contributed by atoms with Crippen molar-refractivity contribution in [2.24, 2.45) is 0 Å². The van der Waals surface area contributed by atoms with Gasteiger partial charge in [-0.05, 0) is 12.2 Å². The Labute approximate surface area is 126 Å². The number of carbonyl (C=O) groups is 1. The van der Waals surface area contributed by atoms with Gasteiger partial charge >= 0.3 is 5.97 Å². The van der Waals surface area contributed by atoms with Gasteiger partial charge < -0.3 is 35.0 Å². The number of hydrogen-bond acceptors (Lipinski definition) is 8. The average Bonchev–Trinajstić information content (AvgIpc) is 2.45. The van der Waals surface area contributed by atoms with Crippen molar-refractivity contribution in [3.63, 3.8) is 0 Å². The minimum absolute atomic E-state index is 0.109. The van der Waals surface area contributed by atoms with E-state index in [0.717, 1.165) is 0 Å². The Morgan fingerprint density at radius 3 is 2.48 bits per heavy atom. The van der Waals surface area contributed by atoms with Crippen LogP contribution in [0.5, 0.6) is 0 Å². The SMILES string of the molecule is O=C(O)CCSCCCOC1OC(CO)[C@H](O)[C@H](O)C1O. The second-order valence-corrected chi connectivity index (χ2v) is 5.90. The molecule has 0 amide bonds. The number of aliphatic carboxylic acids is 1. The molecule has 1 aliphatic rings. The van der Waals surface area contributed by atoms with E-state index in [1.807, 2.05) is 0 Å². The van der Waals surface area contributed by atoms with Gasteiger partial charge in [0.1, 0.15) is 24.4 Å². The highest BCUT2D eigenvalue weighted by molar-refractivity contribution is 7.99. The van der Waals surface area contributed by atoms with E-state index < -0.39 is 43.3 Å². The molecule has 1 rings (SSSR count). The lowest BCUT2D eigenvalue weighted by molar-refractivity contribution is -0.300. The Bertz CT molecular complexity index is 314. The van der Waals surface area contributed by atoms with Crippen molar-refractivity contribution in [3.05, 3.63) is 0 Å². The number of aliphatic hydroxyl groups is 4. The van der Waals surface area contributed by atoms with E-state index in [-0.39, 0.29) is 13.0 Å². The summed E-state index contributed by atoms with van der Waals surface area (Å²) in [4.78, 5) is 10.3. The second kappa shape index (κ2) is 9.57. The molecule has 0 aromatic carbocycles. The van der Waals surface area contributed by atoms with Gasteiger partial charge in [-0.15, -0.1) is 0 Å². The molecule has 0 aromatic rings. The molecule has 0 bridgehead atoms. The van der Waals surface area contributed by atoms with Gasteiger partial charge in [-0.1, -0.05) is 0 Å². The van der Waals surface area contributed by atoms with Gasteiger partial charge in [0.05, 0.1) is 19.6 Å². The van der Waals surface area contributed by atoms with E-state index >= 15 is 0 Å². The van der Waals surface area contributed by atoms with Crippen LogP contribution >= 0.6 is 11.8 Å². The summed E-state index contributed by atoms with van der Waals surface area (Å²) in [5.74, 6) is 0.389. The Morgan fingerprint density at radius 2 is 1.86 bits per heavy atom. The van der Waals surface area contributed by atoms with E-state index in [1.165, 1.54) is 11.8 Å². The first-order chi connectivity index (χ1) is 9.97. The van der Waals surface area contributed by atoms with E-state index in [0.29, 0.717) is 17.9 Å². The maximum atomic E-state index is 10.3. The number of carboxylic acid groups (broad SMARTS) is 1. The molecule has 9 heteroatoms. The van der Waals surface area contributed by atoms with E-state index in [4.69, 9.17) is 19.7 Å². The molecule has 0 radical (unpaired) electrons. The van der Waals surface area contributed by atoms with Gasteiger partial charge in [0.25, 0.3) is 0 Å². The minimum Gasteiger partial charge on any atom is -0.481 e. The summed E-state index contributed by atoms with van der Waals surface area (Å²) in [6, 6.07) is 0. The summed E-state index contributed by atoms with van der Waals surface area (Å²) in [7, 11) is 0. The van der Waals surface area contributed by atoms with Crippen LogP contribution in [0.15, 0.2) is 0 Å². The first-order valence-electron chi connectivity index (χ1n) is 6.69. The van der Waals surface area contributed by atoms with Crippen molar-refractivity contribution in [2.75, 3.05) is 24.7 Å². The molecule has 3 unspecified atom stereocenters. The molecule has 124 valence electrons. The van der Waals surface area contributed by atoms with Crippen molar-refractivity contribution >= 4 is 17.7 Å². The zero-order chi connectivity index (χ0) is 15.8. The van der Waals surface area contributed by atoms with Crippen LogP contribution in [-0.2, 0) is 14.3 Å². The Balaban J connectivity index is 2.20. The average molecular weight is 326 g/mol. The molecule has 21 heavy (non-hydrogen) atoms. The Kier molecular flexibility index (Phi) is 8.49. The summed E-state index contributed by atoms with van der Waals surface area (Å²) in [6.07, 6.45) is -5.56. The standard InChI is InChI=1S/C12H22O8S/c13-6-7-9(16)10(17)11(18)12(20-7)19-3-1-4-21-5-2-8(14)15/h7,9-13,16-18H,1-6H2,(H,14,15)/t7?,9-,10-,11?,12?/m0/s1. The van der Waals surface area contributed by atoms with Crippen LogP contribution in [0.25, 0.3) is 0 Å². The number of ether oxygens (including phenoxy) is 2. The molecule has 0 spiro atoms. The molecule has 8 nitrogen and oxygen atoms in total. The fourth-order valence-corrected chi connectivity index (χ4v) is 2.67. The monoisotopic (exact) mass is 326 g/mol.